The van der Waals surface area contributed by atoms with E-state index in [4.69, 9.17) is 0 Å². The van der Waals surface area contributed by atoms with Crippen molar-refractivity contribution in [3.8, 4) is 0 Å². The van der Waals surface area contributed by atoms with E-state index in [9.17, 15) is 8.42 Å². The molecular weight excluding hydrogens is 274 g/mol. The molecule has 0 aliphatic carbocycles. The number of nitrogens with one attached hydrogen (secondary N) is 2. The molecule has 0 amide bonds. The summed E-state index contributed by atoms with van der Waals surface area (Å²) in [6, 6.07) is 5.72. The van der Waals surface area contributed by atoms with Crippen molar-refractivity contribution in [2.24, 2.45) is 0 Å². The predicted octanol–water partition coefficient (Wildman–Crippen LogP) is 0.950. The SMILES string of the molecule is Cc1ccc(NS(=O)(=O)CCN2CCNCC2)c(C)c1. The Labute approximate surface area is 121 Å². The molecule has 1 aliphatic heterocycles. The maximum atomic E-state index is 12.1. The molecule has 2 rings (SSSR count). The lowest BCUT2D eigenvalue weighted by atomic mass is 10.1. The number of nitrogens with zero attached hydrogens (tertiary/aromatic N) is 1. The van der Waals surface area contributed by atoms with Crippen molar-refractivity contribution in [1.82, 2.24) is 10.2 Å². The highest BCUT2D eigenvalue weighted by molar-refractivity contribution is 7.92. The number of rotatable bonds is 5. The first kappa shape index (κ1) is 15.3. The van der Waals surface area contributed by atoms with Crippen LogP contribution in [0.5, 0.6) is 0 Å². The van der Waals surface area contributed by atoms with Gasteiger partial charge in [0, 0.05) is 32.7 Å². The average Bonchev–Trinajstić information content (AvgIpc) is 2.41. The van der Waals surface area contributed by atoms with Gasteiger partial charge in [-0.25, -0.2) is 8.42 Å². The number of sulfonamides is 1. The zero-order valence-electron chi connectivity index (χ0n) is 12.1. The van der Waals surface area contributed by atoms with E-state index in [-0.39, 0.29) is 5.75 Å². The second-order valence-electron chi connectivity index (χ2n) is 5.33. The van der Waals surface area contributed by atoms with Gasteiger partial charge >= 0.3 is 0 Å². The molecule has 0 atom stereocenters. The van der Waals surface area contributed by atoms with E-state index in [1.54, 1.807) is 0 Å². The Morgan fingerprint density at radius 3 is 2.60 bits per heavy atom. The minimum Gasteiger partial charge on any atom is -0.314 e. The molecule has 20 heavy (non-hydrogen) atoms. The number of hydrogen-bond donors (Lipinski definition) is 2. The summed E-state index contributed by atoms with van der Waals surface area (Å²) in [7, 11) is -3.28. The Morgan fingerprint density at radius 1 is 1.25 bits per heavy atom. The van der Waals surface area contributed by atoms with Gasteiger partial charge in [0.1, 0.15) is 0 Å². The minimum atomic E-state index is -3.28. The Morgan fingerprint density at radius 2 is 1.95 bits per heavy atom. The van der Waals surface area contributed by atoms with Gasteiger partial charge in [0.2, 0.25) is 10.0 Å². The summed E-state index contributed by atoms with van der Waals surface area (Å²) in [5, 5.41) is 3.26. The van der Waals surface area contributed by atoms with Gasteiger partial charge in [-0.2, -0.15) is 0 Å². The highest BCUT2D eigenvalue weighted by Gasteiger charge is 2.16. The van der Waals surface area contributed by atoms with E-state index in [0.29, 0.717) is 12.2 Å². The summed E-state index contributed by atoms with van der Waals surface area (Å²) < 4.78 is 26.9. The molecule has 1 aromatic carbocycles. The topological polar surface area (TPSA) is 61.4 Å². The molecular formula is C14H23N3O2S. The van der Waals surface area contributed by atoms with Crippen LogP contribution in [0.15, 0.2) is 18.2 Å². The van der Waals surface area contributed by atoms with E-state index in [1.165, 1.54) is 0 Å². The van der Waals surface area contributed by atoms with Gasteiger partial charge in [-0.05, 0) is 25.5 Å². The molecule has 2 N–H and O–H groups in total. The third-order valence-electron chi connectivity index (χ3n) is 3.53. The van der Waals surface area contributed by atoms with Crippen molar-refractivity contribution in [1.29, 1.82) is 0 Å². The van der Waals surface area contributed by atoms with Gasteiger partial charge in [-0.1, -0.05) is 17.7 Å². The Kier molecular flexibility index (Phi) is 5.01. The lowest BCUT2D eigenvalue weighted by Gasteiger charge is -2.27. The van der Waals surface area contributed by atoms with Crippen molar-refractivity contribution in [3.63, 3.8) is 0 Å². The number of aryl methyl sites for hydroxylation is 2. The average molecular weight is 297 g/mol. The molecule has 0 spiro atoms. The Balaban J connectivity index is 1.93. The fraction of sp³-hybridized carbons (Fsp3) is 0.571. The van der Waals surface area contributed by atoms with Gasteiger partial charge < -0.3 is 5.32 Å². The predicted molar refractivity (Wildman–Crippen MR) is 82.6 cm³/mol. The van der Waals surface area contributed by atoms with Crippen molar-refractivity contribution in [2.45, 2.75) is 13.8 Å². The summed E-state index contributed by atoms with van der Waals surface area (Å²) in [5.74, 6) is 0.139. The highest BCUT2D eigenvalue weighted by Crippen LogP contribution is 2.17. The monoisotopic (exact) mass is 297 g/mol. The molecule has 1 saturated heterocycles. The van der Waals surface area contributed by atoms with E-state index in [2.05, 4.69) is 14.9 Å². The van der Waals surface area contributed by atoms with Crippen LogP contribution < -0.4 is 10.0 Å². The van der Waals surface area contributed by atoms with Crippen LogP contribution in [0.1, 0.15) is 11.1 Å². The van der Waals surface area contributed by atoms with Gasteiger partial charge in [0.05, 0.1) is 11.4 Å². The van der Waals surface area contributed by atoms with E-state index < -0.39 is 10.0 Å². The zero-order chi connectivity index (χ0) is 14.6. The van der Waals surface area contributed by atoms with E-state index >= 15 is 0 Å². The molecule has 1 aliphatic rings. The fourth-order valence-corrected chi connectivity index (χ4v) is 3.50. The molecule has 1 fully saturated rings. The molecule has 6 heteroatoms. The van der Waals surface area contributed by atoms with Crippen molar-refractivity contribution >= 4 is 15.7 Å². The van der Waals surface area contributed by atoms with Gasteiger partial charge in [-0.3, -0.25) is 9.62 Å². The first-order valence-corrected chi connectivity index (χ1v) is 8.62. The third kappa shape index (κ3) is 4.47. The van der Waals surface area contributed by atoms with Gasteiger partial charge in [0.15, 0.2) is 0 Å². The number of hydrogen-bond acceptors (Lipinski definition) is 4. The molecule has 0 unspecified atom stereocenters. The molecule has 0 radical (unpaired) electrons. The number of benzene rings is 1. The van der Waals surface area contributed by atoms with Crippen molar-refractivity contribution in [2.75, 3.05) is 43.2 Å². The van der Waals surface area contributed by atoms with Crippen molar-refractivity contribution in [3.05, 3.63) is 29.3 Å². The summed E-state index contributed by atoms with van der Waals surface area (Å²) >= 11 is 0. The quantitative estimate of drug-likeness (QED) is 0.849. The van der Waals surface area contributed by atoms with Crippen LogP contribution in [-0.4, -0.2) is 51.8 Å². The Hall–Kier alpha value is -1.11. The second-order valence-corrected chi connectivity index (χ2v) is 7.17. The first-order chi connectivity index (χ1) is 9.46. The van der Waals surface area contributed by atoms with E-state index in [0.717, 1.165) is 37.3 Å². The van der Waals surface area contributed by atoms with Crippen LogP contribution in [0, 0.1) is 13.8 Å². The molecule has 112 valence electrons. The van der Waals surface area contributed by atoms with Crippen LogP contribution in [-0.2, 0) is 10.0 Å². The summed E-state index contributed by atoms with van der Waals surface area (Å²) in [6.07, 6.45) is 0. The lowest BCUT2D eigenvalue weighted by Crippen LogP contribution is -2.45. The normalized spacial score (nSPS) is 17.1. The minimum absolute atomic E-state index is 0.139. The highest BCUT2D eigenvalue weighted by atomic mass is 32.2. The molecule has 5 nitrogen and oxygen atoms in total. The number of anilines is 1. The molecule has 0 aromatic heterocycles. The first-order valence-electron chi connectivity index (χ1n) is 6.97. The van der Waals surface area contributed by atoms with Crippen LogP contribution in [0.2, 0.25) is 0 Å². The Bertz CT molecular complexity index is 552. The molecule has 1 heterocycles. The van der Waals surface area contributed by atoms with Crippen LogP contribution in [0.4, 0.5) is 5.69 Å². The molecule has 1 aromatic rings. The molecule has 0 bridgehead atoms. The van der Waals surface area contributed by atoms with Crippen LogP contribution >= 0.6 is 0 Å². The number of piperazine rings is 1. The second kappa shape index (κ2) is 6.56. The zero-order valence-corrected chi connectivity index (χ0v) is 13.0. The van der Waals surface area contributed by atoms with Crippen LogP contribution in [0.25, 0.3) is 0 Å². The van der Waals surface area contributed by atoms with Gasteiger partial charge in [0.25, 0.3) is 0 Å². The fourth-order valence-electron chi connectivity index (χ4n) is 2.33. The van der Waals surface area contributed by atoms with Crippen LogP contribution in [0.3, 0.4) is 0 Å². The third-order valence-corrected chi connectivity index (χ3v) is 4.78. The lowest BCUT2D eigenvalue weighted by molar-refractivity contribution is 0.254. The summed E-state index contributed by atoms with van der Waals surface area (Å²) in [5.41, 5.74) is 2.76. The largest absolute Gasteiger partial charge is 0.314 e. The summed E-state index contributed by atoms with van der Waals surface area (Å²) in [6.45, 7) is 8.20. The maximum absolute atomic E-state index is 12.1. The maximum Gasteiger partial charge on any atom is 0.233 e. The standard InChI is InChI=1S/C14H23N3O2S/c1-12-3-4-14(13(2)11-12)16-20(18,19)10-9-17-7-5-15-6-8-17/h3-4,11,15-16H,5-10H2,1-2H3. The summed E-state index contributed by atoms with van der Waals surface area (Å²) in [4.78, 5) is 2.18. The smallest absolute Gasteiger partial charge is 0.233 e. The van der Waals surface area contributed by atoms with Gasteiger partial charge in [-0.15, -0.1) is 0 Å². The van der Waals surface area contributed by atoms with Crippen molar-refractivity contribution < 1.29 is 8.42 Å². The van der Waals surface area contributed by atoms with E-state index in [1.807, 2.05) is 32.0 Å². The molecule has 0 saturated carbocycles.